The first-order valence-corrected chi connectivity index (χ1v) is 9.87. The summed E-state index contributed by atoms with van der Waals surface area (Å²) in [6.07, 6.45) is 0. The van der Waals surface area contributed by atoms with Crippen LogP contribution in [0.4, 0.5) is 5.69 Å². The summed E-state index contributed by atoms with van der Waals surface area (Å²) in [5, 5.41) is 2.90. The van der Waals surface area contributed by atoms with Crippen LogP contribution in [0.25, 0.3) is 22.6 Å². The summed E-state index contributed by atoms with van der Waals surface area (Å²) in [7, 11) is 1.58. The Labute approximate surface area is 176 Å². The summed E-state index contributed by atoms with van der Waals surface area (Å²) in [6.45, 7) is 4.13. The normalized spacial score (nSPS) is 10.9. The van der Waals surface area contributed by atoms with Crippen molar-refractivity contribution >= 4 is 38.6 Å². The molecule has 0 aliphatic heterocycles. The third kappa shape index (κ3) is 3.89. The number of nitrogens with zero attached hydrogens (tertiary/aromatic N) is 1. The lowest BCUT2D eigenvalue weighted by Crippen LogP contribution is -2.11. The minimum atomic E-state index is -0.217. The molecule has 0 aliphatic rings. The second-order valence-corrected chi connectivity index (χ2v) is 7.66. The van der Waals surface area contributed by atoms with E-state index in [1.807, 2.05) is 12.1 Å². The average molecular weight is 451 g/mol. The van der Waals surface area contributed by atoms with Crippen LogP contribution in [-0.4, -0.2) is 18.0 Å². The number of amides is 1. The second-order valence-electron chi connectivity index (χ2n) is 6.80. The van der Waals surface area contributed by atoms with Crippen molar-refractivity contribution in [2.24, 2.45) is 0 Å². The Morgan fingerprint density at radius 3 is 2.59 bits per heavy atom. The molecule has 0 bridgehead atoms. The highest BCUT2D eigenvalue weighted by Crippen LogP contribution is 2.28. The van der Waals surface area contributed by atoms with Crippen LogP contribution in [0.1, 0.15) is 21.5 Å². The van der Waals surface area contributed by atoms with Crippen LogP contribution in [0.2, 0.25) is 0 Å². The van der Waals surface area contributed by atoms with Gasteiger partial charge in [0.15, 0.2) is 5.58 Å². The number of carbonyl (C=O) groups excluding carboxylic acids is 1. The number of rotatable bonds is 4. The van der Waals surface area contributed by atoms with E-state index >= 15 is 0 Å². The summed E-state index contributed by atoms with van der Waals surface area (Å²) >= 11 is 3.40. The third-order valence-corrected chi connectivity index (χ3v) is 5.43. The first kappa shape index (κ1) is 19.2. The van der Waals surface area contributed by atoms with E-state index in [0.29, 0.717) is 34.0 Å². The lowest BCUT2D eigenvalue weighted by molar-refractivity contribution is 0.102. The molecule has 3 aromatic carbocycles. The maximum Gasteiger partial charge on any atom is 0.255 e. The van der Waals surface area contributed by atoms with Crippen molar-refractivity contribution in [3.63, 3.8) is 0 Å². The summed E-state index contributed by atoms with van der Waals surface area (Å²) in [6, 6.07) is 16.7. The third-order valence-electron chi connectivity index (χ3n) is 4.81. The maximum atomic E-state index is 12.6. The van der Waals surface area contributed by atoms with Gasteiger partial charge < -0.3 is 14.5 Å². The number of carbonyl (C=O) groups is 1. The predicted octanol–water partition coefficient (Wildman–Crippen LogP) is 6.14. The molecule has 4 rings (SSSR count). The zero-order valence-corrected chi connectivity index (χ0v) is 17.8. The molecule has 0 aliphatic carbocycles. The van der Waals surface area contributed by atoms with Crippen molar-refractivity contribution in [1.82, 2.24) is 4.98 Å². The lowest BCUT2D eigenvalue weighted by Gasteiger charge is -2.07. The minimum absolute atomic E-state index is 0.217. The molecule has 1 N–H and O–H groups in total. The fourth-order valence-electron chi connectivity index (χ4n) is 3.01. The van der Waals surface area contributed by atoms with Gasteiger partial charge >= 0.3 is 0 Å². The second kappa shape index (κ2) is 7.72. The van der Waals surface area contributed by atoms with Crippen LogP contribution < -0.4 is 10.1 Å². The molecular weight excluding hydrogens is 432 g/mol. The SMILES string of the molecule is COc1ccc(C(=O)Nc2ccc3oc(-c4ccc(C)c(C)c4)nc3c2)cc1Br. The number of anilines is 1. The zero-order valence-electron chi connectivity index (χ0n) is 16.2. The molecule has 4 aromatic rings. The summed E-state index contributed by atoms with van der Waals surface area (Å²) in [5.41, 5.74) is 5.86. The Morgan fingerprint density at radius 1 is 1.03 bits per heavy atom. The van der Waals surface area contributed by atoms with Gasteiger partial charge in [0.2, 0.25) is 5.89 Å². The number of aryl methyl sites for hydroxylation is 2. The van der Waals surface area contributed by atoms with Gasteiger partial charge in [0.25, 0.3) is 5.91 Å². The van der Waals surface area contributed by atoms with Crippen LogP contribution in [-0.2, 0) is 0 Å². The maximum absolute atomic E-state index is 12.6. The first-order chi connectivity index (χ1) is 13.9. The quantitative estimate of drug-likeness (QED) is 0.405. The zero-order chi connectivity index (χ0) is 20.5. The van der Waals surface area contributed by atoms with Gasteiger partial charge in [-0.1, -0.05) is 6.07 Å². The van der Waals surface area contributed by atoms with Gasteiger partial charge in [0.05, 0.1) is 11.6 Å². The van der Waals surface area contributed by atoms with Crippen molar-refractivity contribution < 1.29 is 13.9 Å². The number of halogens is 1. The van der Waals surface area contributed by atoms with Crippen molar-refractivity contribution in [3.05, 3.63) is 75.8 Å². The lowest BCUT2D eigenvalue weighted by atomic mass is 10.1. The van der Waals surface area contributed by atoms with Crippen LogP contribution >= 0.6 is 15.9 Å². The number of nitrogens with one attached hydrogen (secondary N) is 1. The number of oxazole rings is 1. The highest BCUT2D eigenvalue weighted by Gasteiger charge is 2.12. The number of hydrogen-bond donors (Lipinski definition) is 1. The minimum Gasteiger partial charge on any atom is -0.496 e. The topological polar surface area (TPSA) is 64.4 Å². The Morgan fingerprint density at radius 2 is 1.86 bits per heavy atom. The first-order valence-electron chi connectivity index (χ1n) is 9.08. The number of hydrogen-bond acceptors (Lipinski definition) is 4. The number of fused-ring (bicyclic) bond motifs is 1. The van der Waals surface area contributed by atoms with Gasteiger partial charge in [-0.2, -0.15) is 0 Å². The average Bonchev–Trinajstić information content (AvgIpc) is 3.13. The predicted molar refractivity (Wildman–Crippen MR) is 118 cm³/mol. The number of aromatic nitrogens is 1. The smallest absolute Gasteiger partial charge is 0.255 e. The van der Waals surface area contributed by atoms with Crippen molar-refractivity contribution in [2.75, 3.05) is 12.4 Å². The largest absolute Gasteiger partial charge is 0.496 e. The molecule has 0 saturated carbocycles. The van der Waals surface area contributed by atoms with Gasteiger partial charge in [0.1, 0.15) is 11.3 Å². The van der Waals surface area contributed by atoms with Crippen LogP contribution in [0.5, 0.6) is 5.75 Å². The summed E-state index contributed by atoms with van der Waals surface area (Å²) in [4.78, 5) is 17.2. The molecule has 0 atom stereocenters. The van der Waals surface area contributed by atoms with Crippen molar-refractivity contribution in [3.8, 4) is 17.2 Å². The fraction of sp³-hybridized carbons (Fsp3) is 0.130. The number of methoxy groups -OCH3 is 1. The number of ether oxygens (including phenoxy) is 1. The molecule has 1 amide bonds. The van der Waals surface area contributed by atoms with E-state index in [0.717, 1.165) is 10.0 Å². The molecule has 0 fully saturated rings. The summed E-state index contributed by atoms with van der Waals surface area (Å²) in [5.74, 6) is 1.01. The van der Waals surface area contributed by atoms with Gasteiger partial charge in [0, 0.05) is 16.8 Å². The number of benzene rings is 3. The highest BCUT2D eigenvalue weighted by molar-refractivity contribution is 9.10. The van der Waals surface area contributed by atoms with Crippen LogP contribution in [0, 0.1) is 13.8 Å². The van der Waals surface area contributed by atoms with E-state index in [2.05, 4.69) is 52.2 Å². The Bertz CT molecular complexity index is 1230. The fourth-order valence-corrected chi connectivity index (χ4v) is 3.55. The standard InChI is InChI=1S/C23H19BrN2O3/c1-13-4-5-16(10-14(13)2)23-26-19-12-17(7-9-21(19)29-23)25-22(27)15-6-8-20(28-3)18(24)11-15/h4-12H,1-3H3,(H,25,27). The van der Waals surface area contributed by atoms with E-state index in [4.69, 9.17) is 9.15 Å². The van der Waals surface area contributed by atoms with Gasteiger partial charge in [-0.15, -0.1) is 0 Å². The molecule has 1 aromatic heterocycles. The molecule has 146 valence electrons. The Kier molecular flexibility index (Phi) is 5.11. The van der Waals surface area contributed by atoms with Crippen LogP contribution in [0.15, 0.2) is 63.5 Å². The van der Waals surface area contributed by atoms with E-state index in [-0.39, 0.29) is 5.91 Å². The van der Waals surface area contributed by atoms with Gasteiger partial charge in [-0.05, 0) is 89.4 Å². The molecular formula is C23H19BrN2O3. The Hall–Kier alpha value is -3.12. The molecule has 0 saturated heterocycles. The van der Waals surface area contributed by atoms with Crippen molar-refractivity contribution in [1.29, 1.82) is 0 Å². The van der Waals surface area contributed by atoms with E-state index < -0.39 is 0 Å². The molecule has 0 radical (unpaired) electrons. The Balaban J connectivity index is 1.59. The summed E-state index contributed by atoms with van der Waals surface area (Å²) < 4.78 is 11.8. The van der Waals surface area contributed by atoms with Gasteiger partial charge in [-0.3, -0.25) is 4.79 Å². The molecule has 0 spiro atoms. The van der Waals surface area contributed by atoms with E-state index in [9.17, 15) is 4.79 Å². The van der Waals surface area contributed by atoms with Gasteiger partial charge in [-0.25, -0.2) is 4.98 Å². The molecule has 0 unspecified atom stereocenters. The van der Waals surface area contributed by atoms with E-state index in [1.54, 1.807) is 37.4 Å². The monoisotopic (exact) mass is 450 g/mol. The molecule has 1 heterocycles. The highest BCUT2D eigenvalue weighted by atomic mass is 79.9. The molecule has 29 heavy (non-hydrogen) atoms. The van der Waals surface area contributed by atoms with Crippen LogP contribution in [0.3, 0.4) is 0 Å². The molecule has 5 nitrogen and oxygen atoms in total. The van der Waals surface area contributed by atoms with Crippen molar-refractivity contribution in [2.45, 2.75) is 13.8 Å². The molecule has 6 heteroatoms. The van der Waals surface area contributed by atoms with E-state index in [1.165, 1.54) is 11.1 Å².